The molecule has 1 aliphatic rings. The molecule has 1 fully saturated rings. The van der Waals surface area contributed by atoms with Crippen molar-refractivity contribution in [2.45, 2.75) is 64.5 Å². The van der Waals surface area contributed by atoms with Crippen LogP contribution in [0, 0.1) is 16.7 Å². The van der Waals surface area contributed by atoms with Gasteiger partial charge in [0.05, 0.1) is 50.1 Å². The molecule has 0 bridgehead atoms. The summed E-state index contributed by atoms with van der Waals surface area (Å²) in [4.78, 5) is 0. The maximum absolute atomic E-state index is 8.94. The zero-order valence-electron chi connectivity index (χ0n) is 24.6. The number of nitriles is 1. The predicted molar refractivity (Wildman–Crippen MR) is 162 cm³/mol. The quantitative estimate of drug-likeness (QED) is 0.139. The first-order valence-electron chi connectivity index (χ1n) is 14.3. The van der Waals surface area contributed by atoms with E-state index in [4.69, 9.17) is 28.3 Å². The summed E-state index contributed by atoms with van der Waals surface area (Å²) in [6.45, 7) is 16.6. The Morgan fingerprint density at radius 1 is 0.769 bits per heavy atom. The highest BCUT2D eigenvalue weighted by molar-refractivity contribution is 6.84. The van der Waals surface area contributed by atoms with Crippen molar-refractivity contribution in [3.05, 3.63) is 54.1 Å². The number of nitrogens with zero attached hydrogens (tertiary/aromatic N) is 1. The number of hydrogen-bond acceptors (Lipinski definition) is 6. The zero-order valence-corrected chi connectivity index (χ0v) is 26.6. The highest BCUT2D eigenvalue weighted by Crippen LogP contribution is 2.29. The van der Waals surface area contributed by atoms with Crippen LogP contribution in [0.3, 0.4) is 0 Å². The molecule has 0 amide bonds. The highest BCUT2D eigenvalue weighted by atomic mass is 28.4. The molecular weight excluding hydrogens is 523 g/mol. The topological polar surface area (TPSA) is 69.9 Å². The minimum absolute atomic E-state index is 0.0226. The summed E-state index contributed by atoms with van der Waals surface area (Å²) in [5, 5.41) is 8.94. The average molecular weight is 570 g/mol. The van der Waals surface area contributed by atoms with Gasteiger partial charge in [-0.05, 0) is 99.9 Å². The number of ether oxygens (including phenoxy) is 4. The van der Waals surface area contributed by atoms with Crippen LogP contribution in [0.1, 0.15) is 31.2 Å². The van der Waals surface area contributed by atoms with Gasteiger partial charge in [0, 0.05) is 13.2 Å². The Bertz CT molecular complexity index is 1020. The van der Waals surface area contributed by atoms with Gasteiger partial charge >= 0.3 is 0 Å². The Kier molecular flexibility index (Phi) is 12.2. The first-order valence-corrected chi connectivity index (χ1v) is 20.8. The van der Waals surface area contributed by atoms with Gasteiger partial charge in [-0.25, -0.2) is 0 Å². The van der Waals surface area contributed by atoms with E-state index in [1.165, 1.54) is 0 Å². The monoisotopic (exact) mass is 569 g/mol. The fourth-order valence-electron chi connectivity index (χ4n) is 4.81. The fraction of sp³-hybridized carbons (Fsp3) is 0.581. The summed E-state index contributed by atoms with van der Waals surface area (Å²) >= 11 is 0. The molecule has 0 aromatic heterocycles. The third-order valence-electron chi connectivity index (χ3n) is 6.69. The molecule has 1 heterocycles. The molecule has 8 heteroatoms. The summed E-state index contributed by atoms with van der Waals surface area (Å²) in [7, 11) is -3.07. The first-order chi connectivity index (χ1) is 18.6. The Morgan fingerprint density at radius 3 is 1.87 bits per heavy atom. The molecule has 2 aromatic carbocycles. The normalized spacial score (nSPS) is 15.0. The van der Waals surface area contributed by atoms with Crippen molar-refractivity contribution < 1.29 is 23.1 Å². The van der Waals surface area contributed by atoms with Gasteiger partial charge in [-0.2, -0.15) is 5.26 Å². The zero-order chi connectivity index (χ0) is 28.2. The van der Waals surface area contributed by atoms with Crippen molar-refractivity contribution in [2.75, 3.05) is 46.2 Å². The van der Waals surface area contributed by atoms with E-state index in [2.05, 4.69) is 50.9 Å². The molecule has 0 unspecified atom stereocenters. The van der Waals surface area contributed by atoms with Crippen molar-refractivity contribution in [1.29, 1.82) is 5.26 Å². The third-order valence-corrected chi connectivity index (χ3v) is 12.9. The molecule has 0 N–H and O–H groups in total. The Hall–Kier alpha value is -2.00. The molecule has 1 saturated heterocycles. The second-order valence-corrected chi connectivity index (χ2v) is 21.4. The number of benzene rings is 2. The van der Waals surface area contributed by atoms with E-state index in [0.717, 1.165) is 75.0 Å². The number of hydrogen-bond donors (Lipinski definition) is 0. The van der Waals surface area contributed by atoms with Crippen LogP contribution in [-0.4, -0.2) is 62.9 Å². The Morgan fingerprint density at radius 2 is 1.33 bits per heavy atom. The summed E-state index contributed by atoms with van der Waals surface area (Å²) in [6.07, 6.45) is 4.15. The van der Waals surface area contributed by atoms with Crippen LogP contribution in [0.25, 0.3) is 11.1 Å². The van der Waals surface area contributed by atoms with Gasteiger partial charge in [0.15, 0.2) is 16.6 Å². The second-order valence-electron chi connectivity index (χ2n) is 12.3. The van der Waals surface area contributed by atoms with Gasteiger partial charge in [0.25, 0.3) is 0 Å². The standard InChI is InChI=1S/C31H47NO5Si2/c1-38(2,3)37-39(4,5)21-9-19-34-24-31(25-35-26-31)23-33-18-7-6-8-20-36-30-16-14-29(15-17-30)28-12-10-27(22-32)11-13-28/h10-17H,6-9,18-21,23-26H2,1-5H3. The van der Waals surface area contributed by atoms with Crippen LogP contribution in [0.5, 0.6) is 5.75 Å². The molecule has 2 aromatic rings. The van der Waals surface area contributed by atoms with E-state index in [1.54, 1.807) is 0 Å². The predicted octanol–water partition coefficient (Wildman–Crippen LogP) is 7.27. The van der Waals surface area contributed by atoms with Crippen LogP contribution in [0.2, 0.25) is 38.8 Å². The average Bonchev–Trinajstić information content (AvgIpc) is 2.87. The van der Waals surface area contributed by atoms with Crippen LogP contribution in [-0.2, 0) is 18.3 Å². The van der Waals surface area contributed by atoms with Gasteiger partial charge in [0.1, 0.15) is 5.75 Å². The summed E-state index contributed by atoms with van der Waals surface area (Å²) in [6, 6.07) is 19.0. The SMILES string of the molecule is C[Si](C)(C)O[Si](C)(C)CCCOCC1(COCCCCCOc2ccc(-c3ccc(C#N)cc3)cc2)COC1. The lowest BCUT2D eigenvalue weighted by Crippen LogP contribution is -2.50. The number of unbranched alkanes of at least 4 members (excludes halogenated alkanes) is 2. The van der Waals surface area contributed by atoms with Crippen molar-refractivity contribution in [1.82, 2.24) is 0 Å². The largest absolute Gasteiger partial charge is 0.494 e. The minimum atomic E-state index is -1.59. The molecule has 0 radical (unpaired) electrons. The molecule has 3 rings (SSSR count). The maximum Gasteiger partial charge on any atom is 0.173 e. The third kappa shape index (κ3) is 11.6. The van der Waals surface area contributed by atoms with Gasteiger partial charge in [-0.3, -0.25) is 0 Å². The van der Waals surface area contributed by atoms with Crippen LogP contribution in [0.4, 0.5) is 0 Å². The smallest absolute Gasteiger partial charge is 0.173 e. The van der Waals surface area contributed by atoms with E-state index < -0.39 is 16.6 Å². The van der Waals surface area contributed by atoms with E-state index in [0.29, 0.717) is 25.4 Å². The molecule has 0 aliphatic carbocycles. The molecule has 0 spiro atoms. The Labute approximate surface area is 237 Å². The molecule has 39 heavy (non-hydrogen) atoms. The summed E-state index contributed by atoms with van der Waals surface area (Å²) in [5.41, 5.74) is 2.90. The maximum atomic E-state index is 8.94. The lowest BCUT2D eigenvalue weighted by atomic mass is 9.88. The minimum Gasteiger partial charge on any atom is -0.494 e. The van der Waals surface area contributed by atoms with E-state index in [-0.39, 0.29) is 5.41 Å². The van der Waals surface area contributed by atoms with Gasteiger partial charge < -0.3 is 23.1 Å². The van der Waals surface area contributed by atoms with Crippen LogP contribution >= 0.6 is 0 Å². The van der Waals surface area contributed by atoms with E-state index in [1.807, 2.05) is 36.4 Å². The lowest BCUT2D eigenvalue weighted by molar-refractivity contribution is -0.177. The molecule has 214 valence electrons. The van der Waals surface area contributed by atoms with Crippen LogP contribution < -0.4 is 4.74 Å². The molecule has 6 nitrogen and oxygen atoms in total. The molecule has 1 aliphatic heterocycles. The first kappa shape index (κ1) is 31.5. The Balaban J connectivity index is 1.22. The van der Waals surface area contributed by atoms with Crippen molar-refractivity contribution >= 4 is 16.6 Å². The number of rotatable bonds is 18. The van der Waals surface area contributed by atoms with Crippen molar-refractivity contribution in [2.24, 2.45) is 5.41 Å². The van der Waals surface area contributed by atoms with Gasteiger partial charge in [0.2, 0.25) is 0 Å². The van der Waals surface area contributed by atoms with Gasteiger partial charge in [-0.1, -0.05) is 24.3 Å². The summed E-state index contributed by atoms with van der Waals surface area (Å²) in [5.74, 6) is 0.880. The van der Waals surface area contributed by atoms with Crippen molar-refractivity contribution in [3.63, 3.8) is 0 Å². The van der Waals surface area contributed by atoms with Crippen molar-refractivity contribution in [3.8, 4) is 22.9 Å². The second kappa shape index (κ2) is 15.1. The molecular formula is C31H47NO5Si2. The highest BCUT2D eigenvalue weighted by Gasteiger charge is 2.39. The molecule has 0 atom stereocenters. The fourth-order valence-corrected chi connectivity index (χ4v) is 12.8. The van der Waals surface area contributed by atoms with E-state index in [9.17, 15) is 0 Å². The van der Waals surface area contributed by atoms with E-state index >= 15 is 0 Å². The molecule has 0 saturated carbocycles. The van der Waals surface area contributed by atoms with Gasteiger partial charge in [-0.15, -0.1) is 0 Å². The summed E-state index contributed by atoms with van der Waals surface area (Å²) < 4.78 is 29.9. The lowest BCUT2D eigenvalue weighted by Gasteiger charge is -2.40. The van der Waals surface area contributed by atoms with Crippen LogP contribution in [0.15, 0.2) is 48.5 Å².